The van der Waals surface area contributed by atoms with E-state index in [-0.39, 0.29) is 30.9 Å². The average Bonchev–Trinajstić information content (AvgIpc) is 3.05. The molecule has 172 valence electrons. The first-order valence-corrected chi connectivity index (χ1v) is 10.9. The number of rotatable bonds is 7. The molecule has 2 aromatic rings. The highest BCUT2D eigenvalue weighted by molar-refractivity contribution is 6.35. The highest BCUT2D eigenvalue weighted by atomic mass is 16.3. The lowest BCUT2D eigenvalue weighted by molar-refractivity contribution is -0.138. The van der Waals surface area contributed by atoms with Gasteiger partial charge in [0.1, 0.15) is 5.70 Å². The molecule has 2 N–H and O–H groups in total. The van der Waals surface area contributed by atoms with Gasteiger partial charge in [-0.2, -0.15) is 0 Å². The van der Waals surface area contributed by atoms with E-state index in [0.717, 1.165) is 0 Å². The van der Waals surface area contributed by atoms with Crippen molar-refractivity contribution in [2.75, 3.05) is 44.6 Å². The van der Waals surface area contributed by atoms with Gasteiger partial charge in [-0.15, -0.1) is 0 Å². The molecular weight excluding hydrogens is 422 g/mol. The first kappa shape index (κ1) is 22.6. The minimum absolute atomic E-state index is 0.0872. The summed E-state index contributed by atoms with van der Waals surface area (Å²) in [5.41, 5.74) is 2.63. The van der Waals surface area contributed by atoms with Crippen molar-refractivity contribution in [3.8, 4) is 0 Å². The highest BCUT2D eigenvalue weighted by Gasteiger charge is 2.42. The molecule has 1 fully saturated rings. The van der Waals surface area contributed by atoms with Crippen LogP contribution in [0.5, 0.6) is 0 Å². The van der Waals surface area contributed by atoms with E-state index >= 15 is 0 Å². The molecule has 9 nitrogen and oxygen atoms in total. The molecule has 0 saturated carbocycles. The molecule has 0 spiro atoms. The Morgan fingerprint density at radius 1 is 1.03 bits per heavy atom. The molecule has 4 rings (SSSR count). The second-order valence-electron chi connectivity index (χ2n) is 8.05. The van der Waals surface area contributed by atoms with Crippen LogP contribution in [0.1, 0.15) is 18.2 Å². The number of anilines is 1. The summed E-state index contributed by atoms with van der Waals surface area (Å²) in [6.45, 7) is 4.76. The van der Waals surface area contributed by atoms with Crippen LogP contribution in [0.15, 0.2) is 54.4 Å². The van der Waals surface area contributed by atoms with Gasteiger partial charge in [-0.25, -0.2) is 0 Å². The molecule has 1 aromatic heterocycles. The van der Waals surface area contributed by atoms with Crippen LogP contribution in [-0.4, -0.2) is 81.8 Å². The van der Waals surface area contributed by atoms with E-state index in [0.29, 0.717) is 60.9 Å². The van der Waals surface area contributed by atoms with E-state index in [2.05, 4.69) is 15.2 Å². The number of nitrogens with one attached hydrogen (secondary N) is 1. The second-order valence-corrected chi connectivity index (χ2v) is 8.05. The number of aromatic nitrogens is 1. The Balaban J connectivity index is 1.66. The number of β-amino-alcohol motifs (C(OH)–C–C–N with tert-alkyl or cyclic N) is 1. The maximum atomic E-state index is 13.5. The Morgan fingerprint density at radius 2 is 1.76 bits per heavy atom. The Hall–Kier alpha value is -3.56. The van der Waals surface area contributed by atoms with Crippen molar-refractivity contribution >= 4 is 29.0 Å². The summed E-state index contributed by atoms with van der Waals surface area (Å²) in [6, 6.07) is 12.3. The molecule has 0 radical (unpaired) electrons. The normalized spacial score (nSPS) is 17.2. The highest BCUT2D eigenvalue weighted by Crippen LogP contribution is 2.33. The minimum Gasteiger partial charge on any atom is -0.395 e. The van der Waals surface area contributed by atoms with E-state index in [1.165, 1.54) is 11.8 Å². The van der Waals surface area contributed by atoms with Crippen LogP contribution in [0.4, 0.5) is 5.69 Å². The van der Waals surface area contributed by atoms with Crippen molar-refractivity contribution in [2.45, 2.75) is 13.5 Å². The summed E-state index contributed by atoms with van der Waals surface area (Å²) in [5, 5.41) is 11.9. The largest absolute Gasteiger partial charge is 0.395 e. The van der Waals surface area contributed by atoms with Crippen molar-refractivity contribution < 1.29 is 19.5 Å². The fraction of sp³-hybridized carbons (Fsp3) is 0.333. The molecule has 1 aromatic carbocycles. The second kappa shape index (κ2) is 9.93. The number of benzene rings is 1. The number of carbonyl (C=O) groups excluding carboxylic acids is 3. The third-order valence-electron chi connectivity index (χ3n) is 5.79. The fourth-order valence-corrected chi connectivity index (χ4v) is 4.17. The number of carbonyl (C=O) groups is 3. The van der Waals surface area contributed by atoms with Crippen molar-refractivity contribution in [1.29, 1.82) is 0 Å². The quantitative estimate of drug-likeness (QED) is 0.606. The van der Waals surface area contributed by atoms with Gasteiger partial charge in [0.2, 0.25) is 5.91 Å². The van der Waals surface area contributed by atoms with Crippen LogP contribution in [0, 0.1) is 0 Å². The number of aliphatic hydroxyl groups is 1. The summed E-state index contributed by atoms with van der Waals surface area (Å²) in [6.07, 6.45) is 1.64. The van der Waals surface area contributed by atoms with Crippen molar-refractivity contribution in [2.24, 2.45) is 0 Å². The molecule has 2 aliphatic rings. The first-order chi connectivity index (χ1) is 16.0. The van der Waals surface area contributed by atoms with Crippen molar-refractivity contribution in [1.82, 2.24) is 19.7 Å². The standard InChI is InChI=1S/C24H27N5O4/c1-17(31)26-19-7-5-18(6-8-19)21-22(28-12-10-27(11-13-28)14-15-30)24(33)29(23(21)32)16-20-4-2-3-9-25-20/h2-9,30H,10-16H2,1H3,(H,26,31). The van der Waals surface area contributed by atoms with E-state index in [4.69, 9.17) is 0 Å². The maximum absolute atomic E-state index is 13.5. The van der Waals surface area contributed by atoms with Crippen molar-refractivity contribution in [3.05, 3.63) is 65.6 Å². The Morgan fingerprint density at radius 3 is 2.36 bits per heavy atom. The Labute approximate surface area is 192 Å². The summed E-state index contributed by atoms with van der Waals surface area (Å²) < 4.78 is 0. The smallest absolute Gasteiger partial charge is 0.278 e. The molecule has 33 heavy (non-hydrogen) atoms. The van der Waals surface area contributed by atoms with E-state index in [1.54, 1.807) is 42.6 Å². The van der Waals surface area contributed by atoms with Crippen LogP contribution >= 0.6 is 0 Å². The SMILES string of the molecule is CC(=O)Nc1ccc(C2=C(N3CCN(CCO)CC3)C(=O)N(Cc3ccccn3)C2=O)cc1. The lowest BCUT2D eigenvalue weighted by Crippen LogP contribution is -2.48. The molecule has 0 bridgehead atoms. The van der Waals surface area contributed by atoms with Gasteiger partial charge >= 0.3 is 0 Å². The predicted octanol–water partition coefficient (Wildman–Crippen LogP) is 0.930. The molecule has 9 heteroatoms. The number of hydrogen-bond donors (Lipinski definition) is 2. The minimum atomic E-state index is -0.356. The third-order valence-corrected chi connectivity index (χ3v) is 5.79. The van der Waals surface area contributed by atoms with Gasteiger partial charge in [-0.1, -0.05) is 18.2 Å². The van der Waals surface area contributed by atoms with Crippen LogP contribution < -0.4 is 5.32 Å². The Bertz CT molecular complexity index is 1060. The van der Waals surface area contributed by atoms with Gasteiger partial charge in [0.05, 0.1) is 24.4 Å². The third kappa shape index (κ3) is 4.94. The summed E-state index contributed by atoms with van der Waals surface area (Å²) in [7, 11) is 0. The Kier molecular flexibility index (Phi) is 6.81. The van der Waals surface area contributed by atoms with Gasteiger partial charge in [-0.3, -0.25) is 29.2 Å². The number of pyridine rings is 1. The van der Waals surface area contributed by atoms with Gasteiger partial charge < -0.3 is 15.3 Å². The van der Waals surface area contributed by atoms with Gasteiger partial charge in [0.25, 0.3) is 11.8 Å². The van der Waals surface area contributed by atoms with Crippen LogP contribution in [0.2, 0.25) is 0 Å². The molecule has 0 unspecified atom stereocenters. The summed E-state index contributed by atoms with van der Waals surface area (Å²) in [4.78, 5) is 47.9. The van der Waals surface area contributed by atoms with E-state index in [9.17, 15) is 19.5 Å². The number of nitrogens with zero attached hydrogens (tertiary/aromatic N) is 4. The van der Waals surface area contributed by atoms with Gasteiger partial charge in [0.15, 0.2) is 0 Å². The molecule has 0 aliphatic carbocycles. The van der Waals surface area contributed by atoms with Crippen molar-refractivity contribution in [3.63, 3.8) is 0 Å². The fourth-order valence-electron chi connectivity index (χ4n) is 4.17. The number of imide groups is 1. The van der Waals surface area contributed by atoms with E-state index < -0.39 is 0 Å². The lowest BCUT2D eigenvalue weighted by atomic mass is 10.0. The molecule has 2 aliphatic heterocycles. The van der Waals surface area contributed by atoms with Crippen LogP contribution in [0.3, 0.4) is 0 Å². The lowest BCUT2D eigenvalue weighted by Gasteiger charge is -2.36. The number of hydrogen-bond acceptors (Lipinski definition) is 7. The monoisotopic (exact) mass is 449 g/mol. The van der Waals surface area contributed by atoms with Gasteiger partial charge in [0, 0.05) is 51.5 Å². The maximum Gasteiger partial charge on any atom is 0.278 e. The predicted molar refractivity (Wildman–Crippen MR) is 123 cm³/mol. The zero-order chi connectivity index (χ0) is 23.4. The topological polar surface area (TPSA) is 106 Å². The first-order valence-electron chi connectivity index (χ1n) is 10.9. The van der Waals surface area contributed by atoms with Gasteiger partial charge in [-0.05, 0) is 29.8 Å². The molecule has 3 amide bonds. The summed E-state index contributed by atoms with van der Waals surface area (Å²) >= 11 is 0. The molecule has 3 heterocycles. The molecule has 1 saturated heterocycles. The van der Waals surface area contributed by atoms with Crippen LogP contribution in [0.25, 0.3) is 5.57 Å². The zero-order valence-electron chi connectivity index (χ0n) is 18.5. The van der Waals surface area contributed by atoms with E-state index in [1.807, 2.05) is 11.0 Å². The molecule has 0 atom stereocenters. The number of piperazine rings is 1. The molecular formula is C24H27N5O4. The summed E-state index contributed by atoms with van der Waals surface area (Å²) in [5.74, 6) is -0.870. The average molecular weight is 450 g/mol. The van der Waals surface area contributed by atoms with Crippen LogP contribution in [-0.2, 0) is 20.9 Å². The zero-order valence-corrected chi connectivity index (χ0v) is 18.5. The number of aliphatic hydroxyl groups excluding tert-OH is 1. The number of amides is 3.